The summed E-state index contributed by atoms with van der Waals surface area (Å²) < 4.78 is 24.7. The molecule has 2 aromatic carbocycles. The van der Waals surface area contributed by atoms with Crippen LogP contribution >= 0.6 is 0 Å². The first-order valence-electron chi connectivity index (χ1n) is 10.0. The first-order chi connectivity index (χ1) is 13.8. The SMILES string of the molecule is CC(C)(C)OC(=O)NCCOc1cc(CNC2CC2)cc(-c2cccc(F)c2)c1. The van der Waals surface area contributed by atoms with Gasteiger partial charge < -0.3 is 20.1 Å². The van der Waals surface area contributed by atoms with Gasteiger partial charge in [0.2, 0.25) is 0 Å². The first kappa shape index (κ1) is 21.1. The fourth-order valence-corrected chi connectivity index (χ4v) is 2.87. The van der Waals surface area contributed by atoms with Crippen LogP contribution in [0.1, 0.15) is 39.2 Å². The third kappa shape index (κ3) is 7.38. The molecule has 0 saturated heterocycles. The molecule has 29 heavy (non-hydrogen) atoms. The van der Waals surface area contributed by atoms with Gasteiger partial charge in [0, 0.05) is 12.6 Å². The number of carbonyl (C=O) groups is 1. The van der Waals surface area contributed by atoms with Gasteiger partial charge >= 0.3 is 6.09 Å². The summed E-state index contributed by atoms with van der Waals surface area (Å²) in [6.45, 7) is 6.82. The maximum atomic E-state index is 13.7. The number of alkyl carbamates (subject to hydrolysis) is 1. The van der Waals surface area contributed by atoms with Gasteiger partial charge in [0.05, 0.1) is 6.54 Å². The molecule has 5 nitrogen and oxygen atoms in total. The Labute approximate surface area is 171 Å². The van der Waals surface area contributed by atoms with Gasteiger partial charge in [-0.05, 0) is 80.6 Å². The number of carbonyl (C=O) groups excluding carboxylic acids is 1. The van der Waals surface area contributed by atoms with Gasteiger partial charge in [-0.15, -0.1) is 0 Å². The largest absolute Gasteiger partial charge is 0.492 e. The van der Waals surface area contributed by atoms with Gasteiger partial charge in [-0.25, -0.2) is 9.18 Å². The second-order valence-electron chi connectivity index (χ2n) is 8.31. The van der Waals surface area contributed by atoms with E-state index in [-0.39, 0.29) is 5.82 Å². The molecule has 2 N–H and O–H groups in total. The highest BCUT2D eigenvalue weighted by Gasteiger charge is 2.20. The second kappa shape index (κ2) is 9.27. The molecule has 0 unspecified atom stereocenters. The smallest absolute Gasteiger partial charge is 0.407 e. The van der Waals surface area contributed by atoms with Crippen LogP contribution in [-0.4, -0.2) is 30.9 Å². The molecule has 1 saturated carbocycles. The first-order valence-corrected chi connectivity index (χ1v) is 10.0. The number of rotatable bonds is 8. The number of benzene rings is 2. The average molecular weight is 400 g/mol. The van der Waals surface area contributed by atoms with Crippen LogP contribution in [0.25, 0.3) is 11.1 Å². The monoisotopic (exact) mass is 400 g/mol. The van der Waals surface area contributed by atoms with Crippen molar-refractivity contribution in [3.63, 3.8) is 0 Å². The number of hydrogen-bond acceptors (Lipinski definition) is 4. The molecule has 0 aromatic heterocycles. The lowest BCUT2D eigenvalue weighted by molar-refractivity contribution is 0.0520. The summed E-state index contributed by atoms with van der Waals surface area (Å²) in [5.74, 6) is 0.415. The molecule has 1 fully saturated rings. The predicted molar refractivity (Wildman–Crippen MR) is 111 cm³/mol. The van der Waals surface area contributed by atoms with Crippen LogP contribution in [0, 0.1) is 5.82 Å². The van der Waals surface area contributed by atoms with Gasteiger partial charge in [0.1, 0.15) is 23.8 Å². The minimum atomic E-state index is -0.534. The average Bonchev–Trinajstić information content (AvgIpc) is 3.46. The molecule has 1 amide bonds. The van der Waals surface area contributed by atoms with Crippen LogP contribution in [0.4, 0.5) is 9.18 Å². The molecular formula is C23H29FN2O3. The summed E-state index contributed by atoms with van der Waals surface area (Å²) in [7, 11) is 0. The Balaban J connectivity index is 1.64. The lowest BCUT2D eigenvalue weighted by Gasteiger charge is -2.19. The van der Waals surface area contributed by atoms with Crippen molar-refractivity contribution in [3.05, 3.63) is 53.8 Å². The van der Waals surface area contributed by atoms with Crippen LogP contribution in [0.15, 0.2) is 42.5 Å². The molecule has 2 aromatic rings. The van der Waals surface area contributed by atoms with E-state index < -0.39 is 11.7 Å². The lowest BCUT2D eigenvalue weighted by atomic mass is 10.0. The second-order valence-corrected chi connectivity index (χ2v) is 8.31. The molecular weight excluding hydrogens is 371 g/mol. The summed E-state index contributed by atoms with van der Waals surface area (Å²) >= 11 is 0. The Morgan fingerprint density at radius 2 is 1.93 bits per heavy atom. The molecule has 0 heterocycles. The fourth-order valence-electron chi connectivity index (χ4n) is 2.87. The number of nitrogens with one attached hydrogen (secondary N) is 2. The topological polar surface area (TPSA) is 59.6 Å². The number of halogens is 1. The van der Waals surface area contributed by atoms with Crippen LogP contribution in [0.2, 0.25) is 0 Å². The zero-order chi connectivity index (χ0) is 20.9. The van der Waals surface area contributed by atoms with E-state index in [0.29, 0.717) is 24.9 Å². The molecule has 0 aliphatic heterocycles. The zero-order valence-electron chi connectivity index (χ0n) is 17.3. The van der Waals surface area contributed by atoms with E-state index in [4.69, 9.17) is 9.47 Å². The van der Waals surface area contributed by atoms with Crippen molar-refractivity contribution in [1.29, 1.82) is 0 Å². The Kier molecular flexibility index (Phi) is 6.75. The highest BCUT2D eigenvalue weighted by atomic mass is 19.1. The minimum absolute atomic E-state index is 0.270. The van der Waals surface area contributed by atoms with Gasteiger partial charge in [-0.1, -0.05) is 12.1 Å². The van der Waals surface area contributed by atoms with Gasteiger partial charge in [0.25, 0.3) is 0 Å². The lowest BCUT2D eigenvalue weighted by Crippen LogP contribution is -2.34. The summed E-state index contributed by atoms with van der Waals surface area (Å²) in [5, 5.41) is 6.17. The highest BCUT2D eigenvalue weighted by molar-refractivity contribution is 5.67. The quantitative estimate of drug-likeness (QED) is 0.634. The number of hydrogen-bond donors (Lipinski definition) is 2. The van der Waals surface area contributed by atoms with E-state index in [1.54, 1.807) is 6.07 Å². The molecule has 6 heteroatoms. The normalized spacial score (nSPS) is 13.8. The number of amides is 1. The zero-order valence-corrected chi connectivity index (χ0v) is 17.3. The van der Waals surface area contributed by atoms with Crippen molar-refractivity contribution in [2.24, 2.45) is 0 Å². The van der Waals surface area contributed by atoms with Crippen LogP contribution < -0.4 is 15.4 Å². The third-order valence-corrected chi connectivity index (χ3v) is 4.34. The molecule has 0 radical (unpaired) electrons. The van der Waals surface area contributed by atoms with Gasteiger partial charge in [0.15, 0.2) is 0 Å². The Bertz CT molecular complexity index is 844. The van der Waals surface area contributed by atoms with E-state index in [1.807, 2.05) is 39.0 Å². The summed E-state index contributed by atoms with van der Waals surface area (Å²) in [4.78, 5) is 11.7. The Morgan fingerprint density at radius 3 is 2.62 bits per heavy atom. The standard InChI is InChI=1S/C23H29FN2O3/c1-23(2,3)29-22(27)25-9-10-28-21-12-16(15-26-20-7-8-20)11-18(14-21)17-5-4-6-19(24)13-17/h4-6,11-14,20,26H,7-10,15H2,1-3H3,(H,25,27). The maximum Gasteiger partial charge on any atom is 0.407 e. The maximum absolute atomic E-state index is 13.7. The molecule has 0 spiro atoms. The molecule has 1 aliphatic rings. The van der Waals surface area contributed by atoms with Crippen LogP contribution in [0.3, 0.4) is 0 Å². The van der Waals surface area contributed by atoms with Crippen molar-refractivity contribution in [2.45, 2.75) is 51.8 Å². The van der Waals surface area contributed by atoms with E-state index in [2.05, 4.69) is 16.7 Å². The van der Waals surface area contributed by atoms with E-state index in [0.717, 1.165) is 23.2 Å². The molecule has 0 bridgehead atoms. The predicted octanol–water partition coefficient (Wildman–Crippen LogP) is 4.65. The fraction of sp³-hybridized carbons (Fsp3) is 0.435. The number of ether oxygens (including phenoxy) is 2. The Morgan fingerprint density at radius 1 is 1.14 bits per heavy atom. The van der Waals surface area contributed by atoms with Crippen molar-refractivity contribution >= 4 is 6.09 Å². The molecule has 1 aliphatic carbocycles. The van der Waals surface area contributed by atoms with E-state index in [1.165, 1.54) is 25.0 Å². The van der Waals surface area contributed by atoms with E-state index in [9.17, 15) is 9.18 Å². The van der Waals surface area contributed by atoms with Crippen molar-refractivity contribution in [1.82, 2.24) is 10.6 Å². The molecule has 156 valence electrons. The van der Waals surface area contributed by atoms with Crippen molar-refractivity contribution in [2.75, 3.05) is 13.2 Å². The molecule has 0 atom stereocenters. The third-order valence-electron chi connectivity index (χ3n) is 4.34. The minimum Gasteiger partial charge on any atom is -0.492 e. The van der Waals surface area contributed by atoms with Crippen LogP contribution in [-0.2, 0) is 11.3 Å². The van der Waals surface area contributed by atoms with Gasteiger partial charge in [-0.2, -0.15) is 0 Å². The van der Waals surface area contributed by atoms with Gasteiger partial charge in [-0.3, -0.25) is 0 Å². The summed E-state index contributed by atoms with van der Waals surface area (Å²) in [5.41, 5.74) is 2.24. The van der Waals surface area contributed by atoms with E-state index >= 15 is 0 Å². The summed E-state index contributed by atoms with van der Waals surface area (Å²) in [6.07, 6.45) is 1.95. The summed E-state index contributed by atoms with van der Waals surface area (Å²) in [6, 6.07) is 13.0. The highest BCUT2D eigenvalue weighted by Crippen LogP contribution is 2.28. The van der Waals surface area contributed by atoms with Crippen molar-refractivity contribution < 1.29 is 18.7 Å². The molecule has 3 rings (SSSR count). The van der Waals surface area contributed by atoms with Crippen molar-refractivity contribution in [3.8, 4) is 16.9 Å². The Hall–Kier alpha value is -2.60. The van der Waals surface area contributed by atoms with Crippen LogP contribution in [0.5, 0.6) is 5.75 Å².